The SMILES string of the molecule is CN(C)C(=O)CN=C(NCc1ncc(C(C)(C)C)o1)NCc1cccs1.I. The summed E-state index contributed by atoms with van der Waals surface area (Å²) >= 11 is 1.66. The number of oxazole rings is 1. The first-order valence-electron chi connectivity index (χ1n) is 8.45. The quantitative estimate of drug-likeness (QED) is 0.359. The van der Waals surface area contributed by atoms with E-state index < -0.39 is 0 Å². The van der Waals surface area contributed by atoms with Crippen LogP contribution in [-0.2, 0) is 23.3 Å². The Balaban J connectivity index is 0.00000364. The highest BCUT2D eigenvalue weighted by atomic mass is 127. The summed E-state index contributed by atoms with van der Waals surface area (Å²) in [7, 11) is 3.43. The van der Waals surface area contributed by atoms with Gasteiger partial charge in [-0.25, -0.2) is 9.98 Å². The van der Waals surface area contributed by atoms with Crippen molar-refractivity contribution in [3.8, 4) is 0 Å². The molecule has 0 atom stereocenters. The smallest absolute Gasteiger partial charge is 0.243 e. The topological polar surface area (TPSA) is 82.8 Å². The molecule has 2 aromatic rings. The minimum atomic E-state index is -0.0856. The maximum Gasteiger partial charge on any atom is 0.243 e. The van der Waals surface area contributed by atoms with Gasteiger partial charge in [-0.1, -0.05) is 26.8 Å². The van der Waals surface area contributed by atoms with Crippen LogP contribution in [0.1, 0.15) is 37.3 Å². The first-order valence-corrected chi connectivity index (χ1v) is 9.33. The Hall–Kier alpha value is -1.62. The van der Waals surface area contributed by atoms with Gasteiger partial charge in [0.05, 0.1) is 19.3 Å². The number of aliphatic imine (C=N–C) groups is 1. The molecule has 0 spiro atoms. The molecule has 2 aromatic heterocycles. The van der Waals surface area contributed by atoms with Crippen molar-refractivity contribution < 1.29 is 9.21 Å². The lowest BCUT2D eigenvalue weighted by atomic mass is 9.94. The maximum absolute atomic E-state index is 11.8. The normalized spacial score (nSPS) is 11.7. The van der Waals surface area contributed by atoms with Crippen LogP contribution in [0.25, 0.3) is 0 Å². The molecule has 0 saturated carbocycles. The van der Waals surface area contributed by atoms with Gasteiger partial charge < -0.3 is 20.0 Å². The molecule has 2 heterocycles. The Morgan fingerprint density at radius 2 is 2.00 bits per heavy atom. The van der Waals surface area contributed by atoms with E-state index in [2.05, 4.69) is 41.4 Å². The number of carbonyl (C=O) groups excluding carboxylic acids is 1. The number of guanidine groups is 1. The second kappa shape index (κ2) is 10.6. The van der Waals surface area contributed by atoms with Crippen molar-refractivity contribution in [1.82, 2.24) is 20.5 Å². The number of aromatic nitrogens is 1. The van der Waals surface area contributed by atoms with Crippen LogP contribution in [0.15, 0.2) is 33.1 Å². The van der Waals surface area contributed by atoms with Gasteiger partial charge in [-0.15, -0.1) is 35.3 Å². The Kier molecular flexibility index (Phi) is 9.23. The minimum Gasteiger partial charge on any atom is -0.443 e. The van der Waals surface area contributed by atoms with Gasteiger partial charge in [-0.05, 0) is 11.4 Å². The monoisotopic (exact) mass is 505 g/mol. The van der Waals surface area contributed by atoms with Crippen LogP contribution in [-0.4, -0.2) is 42.4 Å². The fourth-order valence-corrected chi connectivity index (χ4v) is 2.59. The molecular formula is C18H28IN5O2S. The maximum atomic E-state index is 11.8. The van der Waals surface area contributed by atoms with Crippen molar-refractivity contribution in [2.24, 2.45) is 4.99 Å². The van der Waals surface area contributed by atoms with E-state index >= 15 is 0 Å². The van der Waals surface area contributed by atoms with Gasteiger partial charge in [-0.2, -0.15) is 0 Å². The van der Waals surface area contributed by atoms with E-state index in [0.717, 1.165) is 5.76 Å². The highest BCUT2D eigenvalue weighted by Gasteiger charge is 2.19. The molecule has 9 heteroatoms. The van der Waals surface area contributed by atoms with E-state index in [1.54, 1.807) is 31.6 Å². The number of halogens is 1. The predicted octanol–water partition coefficient (Wildman–Crippen LogP) is 2.98. The van der Waals surface area contributed by atoms with Crippen molar-refractivity contribution in [3.05, 3.63) is 40.2 Å². The van der Waals surface area contributed by atoms with Gasteiger partial charge in [0, 0.05) is 24.4 Å². The Labute approximate surface area is 181 Å². The zero-order valence-electron chi connectivity index (χ0n) is 16.4. The van der Waals surface area contributed by atoms with Gasteiger partial charge in [0.25, 0.3) is 0 Å². The number of nitrogens with zero attached hydrogens (tertiary/aromatic N) is 3. The Morgan fingerprint density at radius 1 is 1.30 bits per heavy atom. The highest BCUT2D eigenvalue weighted by Crippen LogP contribution is 2.22. The summed E-state index contributed by atoms with van der Waals surface area (Å²) in [6.07, 6.45) is 1.75. The third-order valence-corrected chi connectivity index (χ3v) is 4.46. The van der Waals surface area contributed by atoms with Crippen molar-refractivity contribution in [3.63, 3.8) is 0 Å². The lowest BCUT2D eigenvalue weighted by molar-refractivity contribution is -0.127. The van der Waals surface area contributed by atoms with Gasteiger partial charge in [-0.3, -0.25) is 4.79 Å². The molecule has 0 saturated heterocycles. The van der Waals surface area contributed by atoms with E-state index in [4.69, 9.17) is 4.42 Å². The summed E-state index contributed by atoms with van der Waals surface area (Å²) in [4.78, 5) is 23.2. The zero-order chi connectivity index (χ0) is 19.2. The molecule has 0 radical (unpaired) electrons. The van der Waals surface area contributed by atoms with Crippen molar-refractivity contribution in [2.75, 3.05) is 20.6 Å². The first kappa shape index (κ1) is 23.4. The number of rotatable bonds is 6. The van der Waals surface area contributed by atoms with E-state index in [9.17, 15) is 4.79 Å². The third kappa shape index (κ3) is 7.87. The second-order valence-electron chi connectivity index (χ2n) is 7.11. The molecular weight excluding hydrogens is 477 g/mol. The zero-order valence-corrected chi connectivity index (χ0v) is 19.6. The van der Waals surface area contributed by atoms with Gasteiger partial charge in [0.1, 0.15) is 12.3 Å². The summed E-state index contributed by atoms with van der Waals surface area (Å²) in [6, 6.07) is 4.05. The van der Waals surface area contributed by atoms with Crippen LogP contribution in [0.4, 0.5) is 0 Å². The molecule has 27 heavy (non-hydrogen) atoms. The molecule has 150 valence electrons. The van der Waals surface area contributed by atoms with E-state index in [0.29, 0.717) is 24.9 Å². The number of likely N-dealkylation sites (N-methyl/N-ethyl adjacent to an activating group) is 1. The Morgan fingerprint density at radius 3 is 2.56 bits per heavy atom. The molecule has 0 aliphatic heterocycles. The molecule has 0 fully saturated rings. The van der Waals surface area contributed by atoms with Crippen LogP contribution in [0.2, 0.25) is 0 Å². The van der Waals surface area contributed by atoms with E-state index in [1.165, 1.54) is 9.78 Å². The molecule has 2 rings (SSSR count). The number of nitrogens with one attached hydrogen (secondary N) is 2. The lowest BCUT2D eigenvalue weighted by Gasteiger charge is -2.14. The number of hydrogen-bond donors (Lipinski definition) is 2. The van der Waals surface area contributed by atoms with Gasteiger partial charge in [0.15, 0.2) is 5.96 Å². The molecule has 0 aromatic carbocycles. The summed E-state index contributed by atoms with van der Waals surface area (Å²) in [5, 5.41) is 8.43. The number of amides is 1. The van der Waals surface area contributed by atoms with Crippen molar-refractivity contribution >= 4 is 47.2 Å². The molecule has 0 bridgehead atoms. The van der Waals surface area contributed by atoms with E-state index in [-0.39, 0.29) is 41.8 Å². The van der Waals surface area contributed by atoms with Crippen LogP contribution >= 0.6 is 35.3 Å². The predicted molar refractivity (Wildman–Crippen MR) is 120 cm³/mol. The summed E-state index contributed by atoms with van der Waals surface area (Å²) in [5.74, 6) is 1.90. The molecule has 2 N–H and O–H groups in total. The molecule has 0 unspecified atom stereocenters. The highest BCUT2D eigenvalue weighted by molar-refractivity contribution is 14.0. The lowest BCUT2D eigenvalue weighted by Crippen LogP contribution is -2.37. The van der Waals surface area contributed by atoms with Gasteiger partial charge >= 0.3 is 0 Å². The first-order chi connectivity index (χ1) is 12.3. The largest absolute Gasteiger partial charge is 0.443 e. The summed E-state index contributed by atoms with van der Waals surface area (Å²) in [5.41, 5.74) is -0.0856. The average Bonchev–Trinajstić information content (AvgIpc) is 3.24. The second-order valence-corrected chi connectivity index (χ2v) is 8.14. The van der Waals surface area contributed by atoms with Crippen molar-refractivity contribution in [1.29, 1.82) is 0 Å². The molecule has 0 aliphatic rings. The number of hydrogen-bond acceptors (Lipinski definition) is 5. The molecule has 1 amide bonds. The van der Waals surface area contributed by atoms with Crippen molar-refractivity contribution in [2.45, 2.75) is 39.3 Å². The molecule has 0 aliphatic carbocycles. The third-order valence-electron chi connectivity index (χ3n) is 3.58. The number of thiophene rings is 1. The van der Waals surface area contributed by atoms with Crippen LogP contribution in [0.5, 0.6) is 0 Å². The fourth-order valence-electron chi connectivity index (χ4n) is 1.94. The summed E-state index contributed by atoms with van der Waals surface area (Å²) in [6.45, 7) is 7.33. The Bertz CT molecular complexity index is 735. The van der Waals surface area contributed by atoms with Crippen LogP contribution in [0.3, 0.4) is 0 Å². The van der Waals surface area contributed by atoms with Gasteiger partial charge in [0.2, 0.25) is 11.8 Å². The average molecular weight is 505 g/mol. The number of carbonyl (C=O) groups is 1. The fraction of sp³-hybridized carbons (Fsp3) is 0.500. The van der Waals surface area contributed by atoms with Crippen LogP contribution < -0.4 is 10.6 Å². The van der Waals surface area contributed by atoms with Crippen LogP contribution in [0, 0.1) is 0 Å². The molecule has 7 nitrogen and oxygen atoms in total. The van der Waals surface area contributed by atoms with E-state index in [1.807, 2.05) is 17.5 Å². The standard InChI is InChI=1S/C18H27N5O2S.HI/c1-18(2,3)14-10-19-15(25-14)11-21-17(22-12-16(24)23(4)5)20-9-13-7-6-8-26-13;/h6-8,10H,9,11-12H2,1-5H3,(H2,20,21,22);1H. The minimum absolute atomic E-state index is 0. The summed E-state index contributed by atoms with van der Waals surface area (Å²) < 4.78 is 5.78.